The third-order valence-corrected chi connectivity index (χ3v) is 2.52. The van der Waals surface area contributed by atoms with Gasteiger partial charge in [0.2, 0.25) is 0 Å². The zero-order valence-electron chi connectivity index (χ0n) is 8.49. The van der Waals surface area contributed by atoms with Crippen LogP contribution in [-0.2, 0) is 0 Å². The Morgan fingerprint density at radius 3 is 2.79 bits per heavy atom. The Kier molecular flexibility index (Phi) is 2.22. The number of nitrogens with two attached hydrogens (primary N) is 1. The predicted molar refractivity (Wildman–Crippen MR) is 59.1 cm³/mol. The van der Waals surface area contributed by atoms with E-state index in [4.69, 9.17) is 5.73 Å². The first-order valence-electron chi connectivity index (χ1n) is 4.79. The number of aryl methyl sites for hydroxylation is 1. The molecule has 2 nitrogen and oxygen atoms in total. The summed E-state index contributed by atoms with van der Waals surface area (Å²) in [4.78, 5) is 4.27. The van der Waals surface area contributed by atoms with Gasteiger partial charge in [-0.05, 0) is 36.9 Å². The van der Waals surface area contributed by atoms with Gasteiger partial charge in [0.05, 0.1) is 0 Å². The van der Waals surface area contributed by atoms with E-state index in [1.165, 1.54) is 10.8 Å². The Labute approximate surface area is 83.8 Å². The van der Waals surface area contributed by atoms with Crippen molar-refractivity contribution in [3.05, 3.63) is 41.7 Å². The van der Waals surface area contributed by atoms with Gasteiger partial charge in [0.1, 0.15) is 0 Å². The molecular weight excluding hydrogens is 172 g/mol. The summed E-state index contributed by atoms with van der Waals surface area (Å²) in [5, 5.41) is 2.42. The Morgan fingerprint density at radius 2 is 2.07 bits per heavy atom. The first kappa shape index (κ1) is 9.16. The van der Waals surface area contributed by atoms with E-state index in [1.807, 2.05) is 26.1 Å². The van der Waals surface area contributed by atoms with E-state index in [1.54, 1.807) is 0 Å². The molecule has 1 heterocycles. The highest BCUT2D eigenvalue weighted by Crippen LogP contribution is 2.20. The normalized spacial score (nSPS) is 13.1. The van der Waals surface area contributed by atoms with Crippen molar-refractivity contribution in [1.29, 1.82) is 0 Å². The molecule has 0 saturated carbocycles. The van der Waals surface area contributed by atoms with Gasteiger partial charge in [0.25, 0.3) is 0 Å². The zero-order valence-corrected chi connectivity index (χ0v) is 8.49. The van der Waals surface area contributed by atoms with Crippen LogP contribution in [0, 0.1) is 6.92 Å². The van der Waals surface area contributed by atoms with Crippen molar-refractivity contribution in [3.63, 3.8) is 0 Å². The highest BCUT2D eigenvalue weighted by Gasteiger charge is 2.02. The molecule has 1 aromatic carbocycles. The zero-order chi connectivity index (χ0) is 10.1. The minimum Gasteiger partial charge on any atom is -0.324 e. The van der Waals surface area contributed by atoms with Gasteiger partial charge in [0.15, 0.2) is 0 Å². The summed E-state index contributed by atoms with van der Waals surface area (Å²) >= 11 is 0. The van der Waals surface area contributed by atoms with Gasteiger partial charge in [-0.25, -0.2) is 0 Å². The predicted octanol–water partition coefficient (Wildman–Crippen LogP) is 2.56. The lowest BCUT2D eigenvalue weighted by Gasteiger charge is -2.07. The van der Waals surface area contributed by atoms with Gasteiger partial charge in [-0.1, -0.05) is 12.1 Å². The van der Waals surface area contributed by atoms with Crippen LogP contribution in [0.5, 0.6) is 0 Å². The van der Waals surface area contributed by atoms with Crippen molar-refractivity contribution in [3.8, 4) is 0 Å². The van der Waals surface area contributed by atoms with Crippen LogP contribution < -0.4 is 5.73 Å². The van der Waals surface area contributed by atoms with Crippen LogP contribution in [0.25, 0.3) is 10.8 Å². The number of rotatable bonds is 1. The lowest BCUT2D eigenvalue weighted by molar-refractivity contribution is 0.820. The Bertz CT molecular complexity index is 461. The molecular formula is C12H14N2. The number of fused-ring (bicyclic) bond motifs is 1. The first-order chi connectivity index (χ1) is 6.68. The second kappa shape index (κ2) is 3.39. The fraction of sp³-hybridized carbons (Fsp3) is 0.250. The van der Waals surface area contributed by atoms with Crippen LogP contribution in [0.15, 0.2) is 30.5 Å². The Morgan fingerprint density at radius 1 is 1.29 bits per heavy atom. The molecule has 1 aromatic heterocycles. The van der Waals surface area contributed by atoms with E-state index < -0.39 is 0 Å². The van der Waals surface area contributed by atoms with E-state index in [9.17, 15) is 0 Å². The van der Waals surface area contributed by atoms with E-state index in [0.717, 1.165) is 11.3 Å². The van der Waals surface area contributed by atoms with Crippen molar-refractivity contribution >= 4 is 10.8 Å². The first-order valence-corrected chi connectivity index (χ1v) is 4.79. The number of nitrogens with zero attached hydrogens (tertiary/aromatic N) is 1. The van der Waals surface area contributed by atoms with Crippen molar-refractivity contribution in [2.75, 3.05) is 0 Å². The summed E-state index contributed by atoms with van der Waals surface area (Å²) in [6.45, 7) is 4.01. The molecule has 0 fully saturated rings. The van der Waals surface area contributed by atoms with Crippen molar-refractivity contribution in [1.82, 2.24) is 4.98 Å². The molecule has 0 aliphatic carbocycles. The van der Waals surface area contributed by atoms with Gasteiger partial charge in [-0.15, -0.1) is 0 Å². The van der Waals surface area contributed by atoms with Crippen LogP contribution in [0.4, 0.5) is 0 Å². The summed E-state index contributed by atoms with van der Waals surface area (Å²) in [6, 6.07) is 8.41. The minimum absolute atomic E-state index is 0.0824. The molecule has 14 heavy (non-hydrogen) atoms. The second-order valence-electron chi connectivity index (χ2n) is 3.67. The van der Waals surface area contributed by atoms with E-state index in [0.29, 0.717) is 0 Å². The molecule has 0 saturated heterocycles. The quantitative estimate of drug-likeness (QED) is 0.743. The summed E-state index contributed by atoms with van der Waals surface area (Å²) in [5.41, 5.74) is 8.06. The lowest BCUT2D eigenvalue weighted by atomic mass is 10.0. The summed E-state index contributed by atoms with van der Waals surface area (Å²) in [5.74, 6) is 0. The fourth-order valence-corrected chi connectivity index (χ4v) is 1.61. The van der Waals surface area contributed by atoms with Crippen LogP contribution in [0.3, 0.4) is 0 Å². The minimum atomic E-state index is 0.0824. The van der Waals surface area contributed by atoms with Gasteiger partial charge in [-0.2, -0.15) is 0 Å². The van der Waals surface area contributed by atoms with Crippen LogP contribution in [0.2, 0.25) is 0 Å². The Balaban J connectivity index is 2.70. The third kappa shape index (κ3) is 1.49. The molecule has 0 radical (unpaired) electrons. The number of benzene rings is 1. The largest absolute Gasteiger partial charge is 0.324 e. The summed E-state index contributed by atoms with van der Waals surface area (Å²) in [7, 11) is 0. The number of pyridine rings is 1. The molecule has 1 atom stereocenters. The van der Waals surface area contributed by atoms with Gasteiger partial charge < -0.3 is 5.73 Å². The van der Waals surface area contributed by atoms with E-state index in [2.05, 4.69) is 23.2 Å². The van der Waals surface area contributed by atoms with Crippen molar-refractivity contribution in [2.24, 2.45) is 5.73 Å². The van der Waals surface area contributed by atoms with Crippen LogP contribution >= 0.6 is 0 Å². The fourth-order valence-electron chi connectivity index (χ4n) is 1.61. The third-order valence-electron chi connectivity index (χ3n) is 2.52. The molecule has 0 amide bonds. The molecule has 2 heteroatoms. The van der Waals surface area contributed by atoms with Gasteiger partial charge in [-0.3, -0.25) is 4.98 Å². The monoisotopic (exact) mass is 186 g/mol. The molecule has 0 spiro atoms. The van der Waals surface area contributed by atoms with E-state index in [-0.39, 0.29) is 6.04 Å². The molecule has 2 rings (SSSR count). The smallest absolute Gasteiger partial charge is 0.0451 e. The van der Waals surface area contributed by atoms with Crippen LogP contribution in [0.1, 0.15) is 24.2 Å². The molecule has 1 unspecified atom stereocenters. The molecule has 0 aliphatic heterocycles. The number of aromatic nitrogens is 1. The van der Waals surface area contributed by atoms with Crippen molar-refractivity contribution < 1.29 is 0 Å². The van der Waals surface area contributed by atoms with E-state index >= 15 is 0 Å². The standard InChI is InChI=1S/C12H14N2/c1-8(13)11-4-3-10-5-6-14-9(2)12(10)7-11/h3-8H,13H2,1-2H3. The molecule has 2 N–H and O–H groups in total. The van der Waals surface area contributed by atoms with Crippen LogP contribution in [-0.4, -0.2) is 4.98 Å². The topological polar surface area (TPSA) is 38.9 Å². The second-order valence-corrected chi connectivity index (χ2v) is 3.67. The van der Waals surface area contributed by atoms with Crippen molar-refractivity contribution in [2.45, 2.75) is 19.9 Å². The van der Waals surface area contributed by atoms with Gasteiger partial charge >= 0.3 is 0 Å². The lowest BCUT2D eigenvalue weighted by Crippen LogP contribution is -2.04. The summed E-state index contributed by atoms with van der Waals surface area (Å²) in [6.07, 6.45) is 1.84. The highest BCUT2D eigenvalue weighted by atomic mass is 14.7. The maximum Gasteiger partial charge on any atom is 0.0451 e. The number of hydrogen-bond acceptors (Lipinski definition) is 2. The molecule has 2 aromatic rings. The maximum atomic E-state index is 5.83. The average molecular weight is 186 g/mol. The maximum absolute atomic E-state index is 5.83. The number of hydrogen-bond donors (Lipinski definition) is 1. The SMILES string of the molecule is Cc1nccc2ccc(C(C)N)cc12. The molecule has 72 valence electrons. The molecule has 0 bridgehead atoms. The Hall–Kier alpha value is -1.41. The summed E-state index contributed by atoms with van der Waals surface area (Å²) < 4.78 is 0. The average Bonchev–Trinajstić information content (AvgIpc) is 2.18. The highest BCUT2D eigenvalue weighted by molar-refractivity contribution is 5.84. The molecule has 0 aliphatic rings. The van der Waals surface area contributed by atoms with Gasteiger partial charge in [0, 0.05) is 23.3 Å².